The van der Waals surface area contributed by atoms with Gasteiger partial charge in [0.1, 0.15) is 18.2 Å². The largest absolute Gasteiger partial charge is 0.550 e. The Bertz CT molecular complexity index is 1080. The molecule has 0 aliphatic heterocycles. The summed E-state index contributed by atoms with van der Waals surface area (Å²) in [5.74, 6) is -2.31. The highest BCUT2D eigenvalue weighted by atomic mass is 16.5. The molecule has 0 bridgehead atoms. The fourth-order valence-corrected chi connectivity index (χ4v) is 3.48. The molecule has 0 spiro atoms. The van der Waals surface area contributed by atoms with Crippen molar-refractivity contribution in [1.82, 2.24) is 10.6 Å². The zero-order valence-corrected chi connectivity index (χ0v) is 26.4. The number of nitrogens with zero attached hydrogens (tertiary/aromatic N) is 3. The SMILES string of the molecule is C#CCOC[C@H](CC(=O)C(C)(C)NC(=O)C(C)(C)CC(=O)[C@@H]([NH3+])CCCN=[N+]=[N-])C(=O)NC(C)(C)C(=O)OC.CC(=O)[O-]. The van der Waals surface area contributed by atoms with E-state index in [1.54, 1.807) is 13.8 Å². The van der Waals surface area contributed by atoms with E-state index >= 15 is 0 Å². The Balaban J connectivity index is 0. The third kappa shape index (κ3) is 16.9. The number of aliphatic carboxylic acids is 1. The predicted octanol–water partition coefficient (Wildman–Crippen LogP) is -0.383. The highest BCUT2D eigenvalue weighted by Gasteiger charge is 2.40. The molecule has 43 heavy (non-hydrogen) atoms. The number of nitrogens with one attached hydrogen (secondary N) is 2. The first kappa shape index (κ1) is 41.1. The van der Waals surface area contributed by atoms with Crippen LogP contribution in [0.4, 0.5) is 0 Å². The molecule has 15 nitrogen and oxygen atoms in total. The van der Waals surface area contributed by atoms with Gasteiger partial charge in [-0.2, -0.15) is 0 Å². The number of esters is 1. The number of carboxylic acid groups (broad SMARTS) is 1. The lowest BCUT2D eigenvalue weighted by molar-refractivity contribution is -0.404. The molecule has 5 N–H and O–H groups in total. The molecule has 0 aromatic heterocycles. The molecule has 0 radical (unpaired) electrons. The van der Waals surface area contributed by atoms with Gasteiger partial charge in [0.05, 0.1) is 30.6 Å². The Labute approximate surface area is 252 Å². The Hall–Kier alpha value is -3.99. The highest BCUT2D eigenvalue weighted by molar-refractivity contribution is 5.98. The summed E-state index contributed by atoms with van der Waals surface area (Å²) in [4.78, 5) is 75.5. The van der Waals surface area contributed by atoms with Crippen molar-refractivity contribution in [3.63, 3.8) is 0 Å². The molecule has 242 valence electrons. The third-order valence-corrected chi connectivity index (χ3v) is 6.12. The Morgan fingerprint density at radius 3 is 2.12 bits per heavy atom. The molecule has 0 heterocycles. The number of amides is 2. The summed E-state index contributed by atoms with van der Waals surface area (Å²) in [5.41, 5.74) is 8.30. The zero-order chi connectivity index (χ0) is 34.0. The fourth-order valence-electron chi connectivity index (χ4n) is 3.48. The Morgan fingerprint density at radius 2 is 1.63 bits per heavy atom. The van der Waals surface area contributed by atoms with Crippen molar-refractivity contribution in [2.45, 2.75) is 91.3 Å². The van der Waals surface area contributed by atoms with E-state index in [-0.39, 0.29) is 38.4 Å². The smallest absolute Gasteiger partial charge is 0.330 e. The molecule has 0 saturated heterocycles. The number of ether oxygens (including phenoxy) is 2. The van der Waals surface area contributed by atoms with Gasteiger partial charge in [-0.05, 0) is 46.6 Å². The summed E-state index contributed by atoms with van der Waals surface area (Å²) in [6, 6.07) is -0.572. The van der Waals surface area contributed by atoms with Crippen LogP contribution in [0.25, 0.3) is 10.4 Å². The standard InChI is InChI=1S/C26H42N6O7.C2H4O2/c1-9-13-39-16-17(21(35)30-26(6,7)23(37)38-8)14-20(34)25(4,5)31-22(36)24(2,3)15-19(33)18(27)11-10-12-29-32-28;1-2(3)4/h1,17-18H,10-16,27H2,2-8H3,(H,30,35)(H,31,36);1H3,(H,3,4)/t17-,18-;/m0./s1. The van der Waals surface area contributed by atoms with Gasteiger partial charge in [0.15, 0.2) is 11.6 Å². The van der Waals surface area contributed by atoms with Crippen molar-refractivity contribution in [1.29, 1.82) is 0 Å². The van der Waals surface area contributed by atoms with Gasteiger partial charge in [0.25, 0.3) is 0 Å². The topological polar surface area (TPSA) is 244 Å². The van der Waals surface area contributed by atoms with Crippen molar-refractivity contribution in [3.05, 3.63) is 10.4 Å². The average molecular weight is 611 g/mol. The van der Waals surface area contributed by atoms with Crippen LogP contribution in [-0.4, -0.2) is 79.3 Å². The first-order valence-electron chi connectivity index (χ1n) is 13.5. The number of carboxylic acids is 1. The number of hydrogen-bond acceptors (Lipinski definition) is 10. The summed E-state index contributed by atoms with van der Waals surface area (Å²) in [6.45, 7) is 10.1. The predicted molar refractivity (Wildman–Crippen MR) is 153 cm³/mol. The van der Waals surface area contributed by atoms with Crippen LogP contribution < -0.4 is 21.5 Å². The molecular formula is C28H46N6O9. The summed E-state index contributed by atoms with van der Waals surface area (Å²) in [6.07, 6.45) is 5.70. The monoisotopic (exact) mass is 610 g/mol. The van der Waals surface area contributed by atoms with Crippen LogP contribution in [0.5, 0.6) is 0 Å². The van der Waals surface area contributed by atoms with Gasteiger partial charge in [-0.3, -0.25) is 19.2 Å². The van der Waals surface area contributed by atoms with Crippen LogP contribution in [0.15, 0.2) is 5.11 Å². The minimum Gasteiger partial charge on any atom is -0.550 e. The van der Waals surface area contributed by atoms with Crippen molar-refractivity contribution in [2.75, 3.05) is 26.9 Å². The van der Waals surface area contributed by atoms with Gasteiger partial charge in [-0.15, -0.1) is 6.42 Å². The molecule has 0 unspecified atom stereocenters. The van der Waals surface area contributed by atoms with E-state index in [4.69, 9.17) is 31.3 Å². The van der Waals surface area contributed by atoms with Crippen LogP contribution in [0.2, 0.25) is 0 Å². The lowest BCUT2D eigenvalue weighted by Gasteiger charge is -2.32. The van der Waals surface area contributed by atoms with Gasteiger partial charge in [0.2, 0.25) is 11.8 Å². The third-order valence-electron chi connectivity index (χ3n) is 6.12. The molecule has 0 aromatic carbocycles. The molecule has 0 aliphatic rings. The van der Waals surface area contributed by atoms with Gasteiger partial charge < -0.3 is 35.7 Å². The van der Waals surface area contributed by atoms with E-state index in [1.165, 1.54) is 34.8 Å². The molecule has 2 amide bonds. The van der Waals surface area contributed by atoms with Crippen molar-refractivity contribution in [3.8, 4) is 12.3 Å². The number of methoxy groups -OCH3 is 1. The molecule has 15 heteroatoms. The first-order chi connectivity index (χ1) is 19.7. The molecule has 0 fully saturated rings. The molecule has 2 atom stereocenters. The second kappa shape index (κ2) is 19.2. The molecular weight excluding hydrogens is 564 g/mol. The lowest BCUT2D eigenvalue weighted by Crippen LogP contribution is -2.65. The van der Waals surface area contributed by atoms with Crippen LogP contribution in [0.1, 0.15) is 74.1 Å². The van der Waals surface area contributed by atoms with Crippen molar-refractivity contribution >= 4 is 35.3 Å². The van der Waals surface area contributed by atoms with Crippen LogP contribution >= 0.6 is 0 Å². The van der Waals surface area contributed by atoms with Crippen LogP contribution in [-0.2, 0) is 38.2 Å². The number of carbonyl (C=O) groups is 6. The number of carbonyl (C=O) groups excluding carboxylic acids is 6. The van der Waals surface area contributed by atoms with Gasteiger partial charge in [-0.1, -0.05) is 24.9 Å². The minimum absolute atomic E-state index is 0.0838. The fraction of sp³-hybridized carbons (Fsp3) is 0.714. The maximum atomic E-state index is 13.2. The number of quaternary nitrogens is 1. The first-order valence-corrected chi connectivity index (χ1v) is 13.5. The van der Waals surface area contributed by atoms with Crippen molar-refractivity contribution in [2.24, 2.45) is 16.4 Å². The number of hydrogen-bond donors (Lipinski definition) is 3. The van der Waals surface area contributed by atoms with E-state index < -0.39 is 58.0 Å². The van der Waals surface area contributed by atoms with Crippen LogP contribution in [0.3, 0.4) is 0 Å². The van der Waals surface area contributed by atoms with E-state index in [0.29, 0.717) is 12.8 Å². The quantitative estimate of drug-likeness (QED) is 0.0456. The number of rotatable bonds is 18. The number of Topliss-reactive ketones (excluding diaryl/α,β-unsaturated/α-hetero) is 2. The number of terminal acetylenes is 1. The maximum absolute atomic E-state index is 13.2. The van der Waals surface area contributed by atoms with Crippen molar-refractivity contribution < 1.29 is 49.1 Å². The minimum atomic E-state index is -1.39. The van der Waals surface area contributed by atoms with E-state index in [0.717, 1.165) is 6.92 Å². The number of ketones is 2. The maximum Gasteiger partial charge on any atom is 0.330 e. The molecule has 0 aliphatic carbocycles. The second-order valence-corrected chi connectivity index (χ2v) is 11.5. The van der Waals surface area contributed by atoms with Gasteiger partial charge in [0, 0.05) is 36.7 Å². The molecule has 0 rings (SSSR count). The van der Waals surface area contributed by atoms with E-state index in [1.807, 2.05) is 0 Å². The van der Waals surface area contributed by atoms with E-state index in [9.17, 15) is 24.0 Å². The molecule has 0 aromatic rings. The van der Waals surface area contributed by atoms with E-state index in [2.05, 4.69) is 32.3 Å². The normalized spacial score (nSPS) is 12.6. The highest BCUT2D eigenvalue weighted by Crippen LogP contribution is 2.24. The average Bonchev–Trinajstić information content (AvgIpc) is 2.88. The van der Waals surface area contributed by atoms with Gasteiger partial charge >= 0.3 is 5.97 Å². The molecule has 0 saturated carbocycles. The summed E-state index contributed by atoms with van der Waals surface area (Å²) in [5, 5.41) is 17.6. The lowest BCUT2D eigenvalue weighted by atomic mass is 9.82. The Morgan fingerprint density at radius 1 is 1.07 bits per heavy atom. The summed E-state index contributed by atoms with van der Waals surface area (Å²) in [7, 11) is 1.19. The Kier molecular flexibility index (Phi) is 18.4. The zero-order valence-electron chi connectivity index (χ0n) is 26.4. The van der Waals surface area contributed by atoms with Gasteiger partial charge in [-0.25, -0.2) is 4.79 Å². The summed E-state index contributed by atoms with van der Waals surface area (Å²) >= 11 is 0. The van der Waals surface area contributed by atoms with Crippen LogP contribution in [0, 0.1) is 23.7 Å². The second-order valence-electron chi connectivity index (χ2n) is 11.5. The summed E-state index contributed by atoms with van der Waals surface area (Å²) < 4.78 is 10.0. The number of azide groups is 1.